The van der Waals surface area contributed by atoms with Crippen LogP contribution in [-0.4, -0.2) is 32.0 Å². The number of aryl methyl sites for hydroxylation is 2. The van der Waals surface area contributed by atoms with Crippen LogP contribution in [0.25, 0.3) is 0 Å². The van der Waals surface area contributed by atoms with Gasteiger partial charge in [-0.1, -0.05) is 18.2 Å². The van der Waals surface area contributed by atoms with Crippen molar-refractivity contribution in [2.45, 2.75) is 13.8 Å². The van der Waals surface area contributed by atoms with Crippen molar-refractivity contribution in [2.24, 2.45) is 4.99 Å². The van der Waals surface area contributed by atoms with Crippen LogP contribution in [0.3, 0.4) is 0 Å². The fourth-order valence-electron chi connectivity index (χ4n) is 1.50. The number of rotatable bonds is 2. The summed E-state index contributed by atoms with van der Waals surface area (Å²) in [5.41, 5.74) is 9.81. The van der Waals surface area contributed by atoms with Crippen molar-refractivity contribution in [3.05, 3.63) is 29.3 Å². The predicted octanol–water partition coefficient (Wildman–Crippen LogP) is 1.77. The second-order valence-electron chi connectivity index (χ2n) is 3.96. The number of aliphatic imine (C=N–C) groups is 1. The molecule has 0 fully saturated rings. The summed E-state index contributed by atoms with van der Waals surface area (Å²) in [5.74, 6) is 0.794. The van der Waals surface area contributed by atoms with Gasteiger partial charge in [-0.3, -0.25) is 15.8 Å². The molecule has 4 nitrogen and oxygen atoms in total. The maximum atomic E-state index is 4.13. The SMILES string of the molecule is CN=C(NNc1c(C)cccc1C)N(C)C. The van der Waals surface area contributed by atoms with Crippen LogP contribution in [0.4, 0.5) is 5.69 Å². The van der Waals surface area contributed by atoms with E-state index in [-0.39, 0.29) is 0 Å². The van der Waals surface area contributed by atoms with E-state index in [4.69, 9.17) is 0 Å². The van der Waals surface area contributed by atoms with Crippen LogP contribution < -0.4 is 10.9 Å². The third kappa shape index (κ3) is 2.89. The van der Waals surface area contributed by atoms with E-state index >= 15 is 0 Å². The number of nitrogens with one attached hydrogen (secondary N) is 2. The summed E-state index contributed by atoms with van der Waals surface area (Å²) >= 11 is 0. The topological polar surface area (TPSA) is 39.7 Å². The largest absolute Gasteiger partial charge is 0.348 e. The van der Waals surface area contributed by atoms with Crippen LogP contribution in [-0.2, 0) is 0 Å². The van der Waals surface area contributed by atoms with E-state index in [1.807, 2.05) is 19.0 Å². The molecule has 0 saturated carbocycles. The van der Waals surface area contributed by atoms with Gasteiger partial charge in [0, 0.05) is 21.1 Å². The quantitative estimate of drug-likeness (QED) is 0.453. The van der Waals surface area contributed by atoms with Gasteiger partial charge in [0.15, 0.2) is 0 Å². The third-order valence-electron chi connectivity index (χ3n) is 2.42. The van der Waals surface area contributed by atoms with Crippen LogP contribution in [0.5, 0.6) is 0 Å². The molecular weight excluding hydrogens is 200 g/mol. The van der Waals surface area contributed by atoms with Crippen molar-refractivity contribution < 1.29 is 0 Å². The van der Waals surface area contributed by atoms with Crippen molar-refractivity contribution >= 4 is 11.6 Å². The molecule has 1 rings (SSSR count). The zero-order chi connectivity index (χ0) is 12.1. The molecule has 0 spiro atoms. The van der Waals surface area contributed by atoms with E-state index in [1.165, 1.54) is 11.1 Å². The molecule has 16 heavy (non-hydrogen) atoms. The lowest BCUT2D eigenvalue weighted by Gasteiger charge is -2.20. The highest BCUT2D eigenvalue weighted by Crippen LogP contribution is 2.18. The number of anilines is 1. The van der Waals surface area contributed by atoms with Crippen LogP contribution >= 0.6 is 0 Å². The van der Waals surface area contributed by atoms with E-state index < -0.39 is 0 Å². The van der Waals surface area contributed by atoms with Gasteiger partial charge >= 0.3 is 0 Å². The summed E-state index contributed by atoms with van der Waals surface area (Å²) in [4.78, 5) is 6.05. The summed E-state index contributed by atoms with van der Waals surface area (Å²) in [6, 6.07) is 6.21. The van der Waals surface area contributed by atoms with Crippen molar-refractivity contribution in [3.8, 4) is 0 Å². The fourth-order valence-corrected chi connectivity index (χ4v) is 1.50. The maximum absolute atomic E-state index is 4.13. The monoisotopic (exact) mass is 220 g/mol. The number of guanidine groups is 1. The molecule has 0 radical (unpaired) electrons. The van der Waals surface area contributed by atoms with Crippen molar-refractivity contribution in [3.63, 3.8) is 0 Å². The van der Waals surface area contributed by atoms with Crippen molar-refractivity contribution in [1.29, 1.82) is 0 Å². The Bertz CT molecular complexity index is 362. The Labute approximate surface area is 97.3 Å². The molecule has 2 N–H and O–H groups in total. The van der Waals surface area contributed by atoms with Crippen LogP contribution in [0.15, 0.2) is 23.2 Å². The molecule has 0 aliphatic carbocycles. The fraction of sp³-hybridized carbons (Fsp3) is 0.417. The zero-order valence-corrected chi connectivity index (χ0v) is 10.6. The Morgan fingerprint density at radius 3 is 2.19 bits per heavy atom. The molecule has 1 aromatic rings. The van der Waals surface area contributed by atoms with Gasteiger partial charge < -0.3 is 4.90 Å². The lowest BCUT2D eigenvalue weighted by molar-refractivity contribution is 0.594. The molecule has 0 aromatic heterocycles. The number of hydrogen-bond donors (Lipinski definition) is 2. The second kappa shape index (κ2) is 5.39. The molecule has 1 aromatic carbocycles. The summed E-state index contributed by atoms with van der Waals surface area (Å²) in [7, 11) is 5.65. The third-order valence-corrected chi connectivity index (χ3v) is 2.42. The minimum absolute atomic E-state index is 0.794. The second-order valence-corrected chi connectivity index (χ2v) is 3.96. The highest BCUT2D eigenvalue weighted by atomic mass is 15.5. The van der Waals surface area contributed by atoms with Gasteiger partial charge in [-0.25, -0.2) is 0 Å². The molecule has 0 aliphatic heterocycles. The number of hydrogen-bond acceptors (Lipinski definition) is 2. The average Bonchev–Trinajstić information content (AvgIpc) is 2.22. The molecule has 0 unspecified atom stereocenters. The molecule has 0 aliphatic rings. The summed E-state index contributed by atoms with van der Waals surface area (Å²) in [5, 5.41) is 0. The van der Waals surface area contributed by atoms with E-state index in [0.29, 0.717) is 0 Å². The summed E-state index contributed by atoms with van der Waals surface area (Å²) in [6.07, 6.45) is 0. The molecule has 0 bridgehead atoms. The first-order chi connectivity index (χ1) is 7.56. The Hall–Kier alpha value is -1.71. The molecule has 4 heteroatoms. The molecule has 88 valence electrons. The smallest absolute Gasteiger partial charge is 0.212 e. The van der Waals surface area contributed by atoms with E-state index in [1.54, 1.807) is 7.05 Å². The Morgan fingerprint density at radius 2 is 1.75 bits per heavy atom. The van der Waals surface area contributed by atoms with Gasteiger partial charge in [0.05, 0.1) is 5.69 Å². The first-order valence-electron chi connectivity index (χ1n) is 5.28. The zero-order valence-electron chi connectivity index (χ0n) is 10.6. The minimum Gasteiger partial charge on any atom is -0.348 e. The number of hydrazine groups is 1. The molecular formula is C12H20N4. The maximum Gasteiger partial charge on any atom is 0.212 e. The highest BCUT2D eigenvalue weighted by Gasteiger charge is 2.03. The first kappa shape index (κ1) is 12.4. The van der Waals surface area contributed by atoms with Crippen molar-refractivity contribution in [2.75, 3.05) is 26.6 Å². The van der Waals surface area contributed by atoms with Gasteiger partial charge in [0.2, 0.25) is 5.96 Å². The number of para-hydroxylation sites is 1. The van der Waals surface area contributed by atoms with Gasteiger partial charge in [0.1, 0.15) is 0 Å². The van der Waals surface area contributed by atoms with Crippen LogP contribution in [0.1, 0.15) is 11.1 Å². The van der Waals surface area contributed by atoms with Crippen LogP contribution in [0.2, 0.25) is 0 Å². The van der Waals surface area contributed by atoms with Crippen molar-refractivity contribution in [1.82, 2.24) is 10.3 Å². The average molecular weight is 220 g/mol. The normalized spacial score (nSPS) is 11.2. The van der Waals surface area contributed by atoms with E-state index in [2.05, 4.69) is 47.9 Å². The standard InChI is InChI=1S/C12H20N4/c1-9-7-6-8-10(2)11(9)14-15-12(13-3)16(4)5/h6-8,14H,1-5H3,(H,13,15). The Kier molecular flexibility index (Phi) is 4.17. The predicted molar refractivity (Wildman–Crippen MR) is 69.7 cm³/mol. The highest BCUT2D eigenvalue weighted by molar-refractivity contribution is 5.81. The first-order valence-corrected chi connectivity index (χ1v) is 5.28. The lowest BCUT2D eigenvalue weighted by Crippen LogP contribution is -2.40. The number of nitrogens with zero attached hydrogens (tertiary/aromatic N) is 2. The summed E-state index contributed by atoms with van der Waals surface area (Å²) < 4.78 is 0. The van der Waals surface area contributed by atoms with Gasteiger partial charge in [-0.05, 0) is 25.0 Å². The molecule has 0 amide bonds. The Morgan fingerprint density at radius 1 is 1.19 bits per heavy atom. The van der Waals surface area contributed by atoms with E-state index in [9.17, 15) is 0 Å². The molecule has 0 atom stereocenters. The van der Waals surface area contributed by atoms with Crippen LogP contribution in [0, 0.1) is 13.8 Å². The van der Waals surface area contributed by atoms with E-state index in [0.717, 1.165) is 11.6 Å². The lowest BCUT2D eigenvalue weighted by atomic mass is 10.1. The number of benzene rings is 1. The van der Waals surface area contributed by atoms with Gasteiger partial charge in [-0.2, -0.15) is 0 Å². The summed E-state index contributed by atoms with van der Waals surface area (Å²) in [6.45, 7) is 4.16. The minimum atomic E-state index is 0.794. The Balaban J connectivity index is 2.75. The molecule has 0 heterocycles. The molecule has 0 saturated heterocycles. The van der Waals surface area contributed by atoms with Gasteiger partial charge in [0.25, 0.3) is 0 Å². The van der Waals surface area contributed by atoms with Gasteiger partial charge in [-0.15, -0.1) is 0 Å².